The van der Waals surface area contributed by atoms with Crippen LogP contribution >= 0.6 is 23.1 Å². The predicted octanol–water partition coefficient (Wildman–Crippen LogP) is 3.42. The van der Waals surface area contributed by atoms with E-state index in [2.05, 4.69) is 4.98 Å². The minimum absolute atomic E-state index is 0.0636. The van der Waals surface area contributed by atoms with E-state index >= 15 is 0 Å². The molecule has 0 atom stereocenters. The summed E-state index contributed by atoms with van der Waals surface area (Å²) in [6.45, 7) is 0.271. The number of nitrogens with zero attached hydrogens (tertiary/aromatic N) is 3. The summed E-state index contributed by atoms with van der Waals surface area (Å²) in [6, 6.07) is 8.48. The minimum atomic E-state index is -0.296. The Hall–Kier alpha value is -2.19. The van der Waals surface area contributed by atoms with Crippen molar-refractivity contribution in [2.24, 2.45) is 7.05 Å². The summed E-state index contributed by atoms with van der Waals surface area (Å²) in [4.78, 5) is 32.1. The largest absolute Gasteiger partial charge is 0.335 e. The SMILES string of the molecule is Cn1c(SCC(=O)N(Cc2ccccc2F)C2CC2)nc2sccc2c1=O. The Morgan fingerprint density at radius 1 is 1.37 bits per heavy atom. The van der Waals surface area contributed by atoms with Gasteiger partial charge in [-0.15, -0.1) is 11.3 Å². The van der Waals surface area contributed by atoms with Crippen LogP contribution in [0.15, 0.2) is 45.7 Å². The number of benzene rings is 1. The van der Waals surface area contributed by atoms with E-state index in [0.29, 0.717) is 20.9 Å². The molecule has 1 fully saturated rings. The van der Waals surface area contributed by atoms with Crippen molar-refractivity contribution in [2.45, 2.75) is 30.6 Å². The fourth-order valence-corrected chi connectivity index (χ4v) is 4.60. The number of hydrogen-bond acceptors (Lipinski definition) is 5. The molecule has 0 spiro atoms. The third-order valence-electron chi connectivity index (χ3n) is 4.60. The summed E-state index contributed by atoms with van der Waals surface area (Å²) in [7, 11) is 1.66. The quantitative estimate of drug-likeness (QED) is 0.468. The van der Waals surface area contributed by atoms with Crippen LogP contribution in [0.5, 0.6) is 0 Å². The first-order valence-corrected chi connectivity index (χ1v) is 10.5. The maximum atomic E-state index is 14.0. The monoisotopic (exact) mass is 403 g/mol. The predicted molar refractivity (Wildman–Crippen MR) is 106 cm³/mol. The van der Waals surface area contributed by atoms with Crippen molar-refractivity contribution in [3.05, 3.63) is 57.4 Å². The molecule has 0 N–H and O–H groups in total. The van der Waals surface area contributed by atoms with Crippen molar-refractivity contribution in [1.29, 1.82) is 0 Å². The Morgan fingerprint density at radius 3 is 2.89 bits per heavy atom. The zero-order valence-corrected chi connectivity index (χ0v) is 16.4. The van der Waals surface area contributed by atoms with E-state index in [-0.39, 0.29) is 35.6 Å². The summed E-state index contributed by atoms with van der Waals surface area (Å²) >= 11 is 2.66. The van der Waals surface area contributed by atoms with Crippen LogP contribution in [0.2, 0.25) is 0 Å². The summed E-state index contributed by atoms with van der Waals surface area (Å²) < 4.78 is 15.5. The molecular weight excluding hydrogens is 385 g/mol. The molecule has 0 saturated heterocycles. The van der Waals surface area contributed by atoms with Crippen LogP contribution < -0.4 is 5.56 Å². The lowest BCUT2D eigenvalue weighted by molar-refractivity contribution is -0.129. The first-order chi connectivity index (χ1) is 13.0. The molecule has 3 aromatic rings. The standard InChI is InChI=1S/C19H18FN3O2S2/c1-22-18(25)14-8-9-26-17(14)21-19(22)27-11-16(24)23(13-6-7-13)10-12-4-2-3-5-15(12)20/h2-5,8-9,13H,6-7,10-11H2,1H3. The molecule has 4 rings (SSSR count). The highest BCUT2D eigenvalue weighted by Gasteiger charge is 2.33. The maximum absolute atomic E-state index is 14.0. The molecule has 0 bridgehead atoms. The van der Waals surface area contributed by atoms with Crippen LogP contribution in [0.1, 0.15) is 18.4 Å². The van der Waals surface area contributed by atoms with E-state index in [4.69, 9.17) is 0 Å². The second kappa shape index (κ2) is 7.44. The summed E-state index contributed by atoms with van der Waals surface area (Å²) in [5.41, 5.74) is 0.412. The van der Waals surface area contributed by atoms with E-state index in [0.717, 1.165) is 12.8 Å². The van der Waals surface area contributed by atoms with Crippen LogP contribution in [0.4, 0.5) is 4.39 Å². The van der Waals surface area contributed by atoms with Crippen molar-refractivity contribution in [3.8, 4) is 0 Å². The molecule has 2 heterocycles. The van der Waals surface area contributed by atoms with Crippen LogP contribution in [-0.2, 0) is 18.4 Å². The van der Waals surface area contributed by atoms with Gasteiger partial charge in [0, 0.05) is 25.2 Å². The normalized spacial score (nSPS) is 13.9. The lowest BCUT2D eigenvalue weighted by atomic mass is 10.2. The van der Waals surface area contributed by atoms with Crippen LogP contribution in [0.25, 0.3) is 10.2 Å². The Kier molecular flexibility index (Phi) is 5.01. The summed E-state index contributed by atoms with van der Waals surface area (Å²) in [5.74, 6) is -0.190. The number of hydrogen-bond donors (Lipinski definition) is 0. The van der Waals surface area contributed by atoms with Gasteiger partial charge in [-0.3, -0.25) is 14.2 Å². The lowest BCUT2D eigenvalue weighted by Gasteiger charge is -2.22. The molecule has 0 aliphatic heterocycles. The molecule has 2 aromatic heterocycles. The van der Waals surface area contributed by atoms with E-state index in [9.17, 15) is 14.0 Å². The third-order valence-corrected chi connectivity index (χ3v) is 6.42. The van der Waals surface area contributed by atoms with E-state index in [1.807, 2.05) is 5.38 Å². The number of fused-ring (bicyclic) bond motifs is 1. The average molecular weight is 404 g/mol. The number of amides is 1. The number of carbonyl (C=O) groups is 1. The lowest BCUT2D eigenvalue weighted by Crippen LogP contribution is -2.34. The maximum Gasteiger partial charge on any atom is 0.262 e. The zero-order chi connectivity index (χ0) is 19.0. The number of thiophene rings is 1. The van der Waals surface area contributed by atoms with Crippen LogP contribution in [-0.4, -0.2) is 32.2 Å². The van der Waals surface area contributed by atoms with Gasteiger partial charge in [0.25, 0.3) is 5.56 Å². The summed E-state index contributed by atoms with van der Waals surface area (Å²) in [5, 5.41) is 2.95. The molecule has 1 aromatic carbocycles. The highest BCUT2D eigenvalue weighted by Crippen LogP contribution is 2.30. The van der Waals surface area contributed by atoms with Gasteiger partial charge < -0.3 is 4.90 Å². The second-order valence-corrected chi connectivity index (χ2v) is 8.37. The molecule has 1 aliphatic rings. The van der Waals surface area contributed by atoms with E-state index < -0.39 is 0 Å². The Balaban J connectivity index is 1.50. The van der Waals surface area contributed by atoms with Crippen molar-refractivity contribution in [3.63, 3.8) is 0 Å². The Morgan fingerprint density at radius 2 is 2.15 bits per heavy atom. The fourth-order valence-electron chi connectivity index (χ4n) is 2.94. The molecule has 1 saturated carbocycles. The first kappa shape index (κ1) is 18.2. The average Bonchev–Trinajstić information content (AvgIpc) is 3.39. The van der Waals surface area contributed by atoms with Crippen molar-refractivity contribution in [1.82, 2.24) is 14.5 Å². The number of carbonyl (C=O) groups excluding carboxylic acids is 1. The molecule has 1 amide bonds. The van der Waals surface area contributed by atoms with Crippen molar-refractivity contribution >= 4 is 39.2 Å². The molecule has 0 unspecified atom stereocenters. The summed E-state index contributed by atoms with van der Waals surface area (Å²) in [6.07, 6.45) is 1.89. The van der Waals surface area contributed by atoms with Gasteiger partial charge in [0.05, 0.1) is 11.1 Å². The molecule has 1 aliphatic carbocycles. The van der Waals surface area contributed by atoms with Gasteiger partial charge in [-0.25, -0.2) is 9.37 Å². The molecule has 5 nitrogen and oxygen atoms in total. The van der Waals surface area contributed by atoms with Gasteiger partial charge in [-0.1, -0.05) is 30.0 Å². The Bertz CT molecular complexity index is 1060. The van der Waals surface area contributed by atoms with Gasteiger partial charge >= 0.3 is 0 Å². The van der Waals surface area contributed by atoms with E-state index in [1.54, 1.807) is 36.2 Å². The highest BCUT2D eigenvalue weighted by molar-refractivity contribution is 7.99. The molecule has 27 heavy (non-hydrogen) atoms. The highest BCUT2D eigenvalue weighted by atomic mass is 32.2. The minimum Gasteiger partial charge on any atom is -0.335 e. The number of aromatic nitrogens is 2. The fraction of sp³-hybridized carbons (Fsp3) is 0.316. The molecule has 140 valence electrons. The molecular formula is C19H18FN3O2S2. The number of halogens is 1. The third kappa shape index (κ3) is 3.77. The van der Waals surface area contributed by atoms with Crippen LogP contribution in [0.3, 0.4) is 0 Å². The van der Waals surface area contributed by atoms with Crippen molar-refractivity contribution < 1.29 is 9.18 Å². The van der Waals surface area contributed by atoms with E-state index in [1.165, 1.54) is 33.7 Å². The van der Waals surface area contributed by atoms with Gasteiger partial charge in [0.2, 0.25) is 5.91 Å². The topological polar surface area (TPSA) is 55.2 Å². The Labute approximate surface area is 163 Å². The number of thioether (sulfide) groups is 1. The smallest absolute Gasteiger partial charge is 0.262 e. The molecule has 0 radical (unpaired) electrons. The number of rotatable bonds is 6. The van der Waals surface area contributed by atoms with Crippen LogP contribution in [0, 0.1) is 5.82 Å². The first-order valence-electron chi connectivity index (χ1n) is 8.64. The van der Waals surface area contributed by atoms with Gasteiger partial charge in [0.1, 0.15) is 10.6 Å². The van der Waals surface area contributed by atoms with Gasteiger partial charge in [-0.2, -0.15) is 0 Å². The van der Waals surface area contributed by atoms with Gasteiger partial charge in [0.15, 0.2) is 5.16 Å². The van der Waals surface area contributed by atoms with Gasteiger partial charge in [-0.05, 0) is 30.4 Å². The van der Waals surface area contributed by atoms with Crippen molar-refractivity contribution in [2.75, 3.05) is 5.75 Å². The second-order valence-electron chi connectivity index (χ2n) is 6.53. The zero-order valence-electron chi connectivity index (χ0n) is 14.7. The molecule has 8 heteroatoms.